The molecule has 0 radical (unpaired) electrons. The average molecular weight is 1140 g/mol. The molecule has 7 aromatic rings. The molecule has 0 spiro atoms. The Labute approximate surface area is 439 Å². The van der Waals surface area contributed by atoms with Gasteiger partial charge in [0.2, 0.25) is 11.9 Å². The number of thioether (sulfide) groups is 1. The summed E-state index contributed by atoms with van der Waals surface area (Å²) < 4.78 is 87.3. The molecular weight excluding hydrogens is 1100 g/mol. The molecule has 5 heterocycles. The summed E-state index contributed by atoms with van der Waals surface area (Å²) in [6.45, 7) is 10.7. The minimum Gasteiger partial charge on any atom is -0.494 e. The fourth-order valence-electron chi connectivity index (χ4n) is 7.71. The molecule has 0 saturated heterocycles. The monoisotopic (exact) mass is 1140 g/mol. The van der Waals surface area contributed by atoms with Crippen LogP contribution in [0.3, 0.4) is 0 Å². The van der Waals surface area contributed by atoms with Crippen LogP contribution in [0.5, 0.6) is 11.5 Å². The highest BCUT2D eigenvalue weighted by molar-refractivity contribution is 7.99. The van der Waals surface area contributed by atoms with E-state index < -0.39 is 28.7 Å². The molecule has 0 amide bonds. The molecular formula is C41H45Cl2N13O8S7. The number of nitrogens with one attached hydrogen (secondary N) is 2. The number of thiophene rings is 2. The number of anilines is 6. The first-order valence-corrected chi connectivity index (χ1v) is 29.5. The highest BCUT2D eigenvalue weighted by atomic mass is 35.5. The predicted molar refractivity (Wildman–Crippen MR) is 285 cm³/mol. The number of ether oxygens (including phenoxy) is 2. The SMILES string of the molecule is CCN(CC)c1cc(Nc2nc(Nc3cc(N(CC)CC)c(OC)cc3N=Nc3snc4sc(S(=O)(=O)O)c(Cl)c34)nc(SC3CCCCC3)n2)c(N=Nc2snc3sc(S(=O)(=O)O)c(Cl)c23)cc1OC. The van der Waals surface area contributed by atoms with Gasteiger partial charge in [0.05, 0.1) is 57.8 Å². The highest BCUT2D eigenvalue weighted by Crippen LogP contribution is 2.49. The van der Waals surface area contributed by atoms with Crippen LogP contribution in [-0.4, -0.2) is 95.3 Å². The van der Waals surface area contributed by atoms with E-state index in [1.165, 1.54) is 0 Å². The zero-order valence-electron chi connectivity index (χ0n) is 38.6. The number of hydrogen-bond acceptors (Lipinski definition) is 24. The van der Waals surface area contributed by atoms with Crippen molar-refractivity contribution in [2.75, 3.05) is 60.8 Å². The molecule has 1 aliphatic rings. The maximum absolute atomic E-state index is 12.1. The number of benzene rings is 2. The second-order valence-electron chi connectivity index (χ2n) is 15.4. The number of nitrogens with zero attached hydrogens (tertiary/aromatic N) is 11. The van der Waals surface area contributed by atoms with E-state index in [9.17, 15) is 25.9 Å². The third-order valence-electron chi connectivity index (χ3n) is 11.2. The van der Waals surface area contributed by atoms with Gasteiger partial charge in [-0.15, -0.1) is 20.5 Å². The maximum Gasteiger partial charge on any atom is 0.305 e. The molecule has 0 unspecified atom stereocenters. The van der Waals surface area contributed by atoms with Crippen LogP contribution >= 0.6 is 80.7 Å². The Kier molecular flexibility index (Phi) is 16.5. The van der Waals surface area contributed by atoms with E-state index in [-0.39, 0.29) is 57.6 Å². The summed E-state index contributed by atoms with van der Waals surface area (Å²) in [6, 6.07) is 7.13. The van der Waals surface area contributed by atoms with E-state index in [1.54, 1.807) is 38.1 Å². The smallest absolute Gasteiger partial charge is 0.305 e. The van der Waals surface area contributed by atoms with Gasteiger partial charge in [-0.2, -0.15) is 40.5 Å². The van der Waals surface area contributed by atoms with E-state index in [1.807, 2.05) is 39.8 Å². The van der Waals surface area contributed by atoms with Crippen molar-refractivity contribution >= 4 is 177 Å². The molecule has 0 bridgehead atoms. The molecule has 1 saturated carbocycles. The van der Waals surface area contributed by atoms with Crippen molar-refractivity contribution in [2.24, 2.45) is 20.5 Å². The topological polar surface area (TPSA) is 272 Å². The second kappa shape index (κ2) is 22.2. The fourth-order valence-corrected chi connectivity index (χ4v) is 15.5. The minimum atomic E-state index is -4.62. The number of azo groups is 2. The summed E-state index contributed by atoms with van der Waals surface area (Å²) in [7, 11) is -6.13. The number of halogens is 2. The van der Waals surface area contributed by atoms with Gasteiger partial charge in [0.15, 0.2) is 23.6 Å². The average Bonchev–Trinajstić information content (AvgIpc) is 4.11. The van der Waals surface area contributed by atoms with Crippen LogP contribution in [0.4, 0.5) is 56.0 Å². The molecule has 21 nitrogen and oxygen atoms in total. The van der Waals surface area contributed by atoms with Crippen molar-refractivity contribution in [3.8, 4) is 11.5 Å². The first-order valence-electron chi connectivity index (χ1n) is 21.8. The molecule has 5 aromatic heterocycles. The van der Waals surface area contributed by atoms with Crippen LogP contribution in [0, 0.1) is 0 Å². The molecule has 0 aliphatic heterocycles. The number of fused-ring (bicyclic) bond motifs is 2. The summed E-state index contributed by atoms with van der Waals surface area (Å²) in [6.07, 6.45) is 5.30. The molecule has 8 rings (SSSR count). The summed E-state index contributed by atoms with van der Waals surface area (Å²) in [4.78, 5) is 19.5. The van der Waals surface area contributed by atoms with E-state index in [2.05, 4.69) is 49.6 Å². The van der Waals surface area contributed by atoms with E-state index >= 15 is 0 Å². The largest absolute Gasteiger partial charge is 0.494 e. The molecule has 2 aromatic carbocycles. The lowest BCUT2D eigenvalue weighted by molar-refractivity contribution is 0.414. The summed E-state index contributed by atoms with van der Waals surface area (Å²) in [5.41, 5.74) is 2.95. The molecule has 378 valence electrons. The Balaban J connectivity index is 1.25. The first kappa shape index (κ1) is 52.7. The van der Waals surface area contributed by atoms with Crippen molar-refractivity contribution in [2.45, 2.75) is 78.6 Å². The van der Waals surface area contributed by atoms with E-state index in [4.69, 9.17) is 47.6 Å². The van der Waals surface area contributed by atoms with Gasteiger partial charge in [0, 0.05) is 43.6 Å². The van der Waals surface area contributed by atoms with E-state index in [0.717, 1.165) is 89.2 Å². The van der Waals surface area contributed by atoms with Gasteiger partial charge in [-0.1, -0.05) is 76.9 Å². The van der Waals surface area contributed by atoms with Crippen molar-refractivity contribution in [1.82, 2.24) is 23.7 Å². The normalized spacial score (nSPS) is 13.8. The first-order chi connectivity index (χ1) is 34.0. The summed E-state index contributed by atoms with van der Waals surface area (Å²) in [5, 5.41) is 26.1. The number of methoxy groups -OCH3 is 2. The van der Waals surface area contributed by atoms with Gasteiger partial charge < -0.3 is 29.9 Å². The van der Waals surface area contributed by atoms with Gasteiger partial charge in [0.25, 0.3) is 0 Å². The Morgan fingerprint density at radius 3 is 1.48 bits per heavy atom. The van der Waals surface area contributed by atoms with Crippen LogP contribution in [0.1, 0.15) is 59.8 Å². The van der Waals surface area contributed by atoms with Crippen LogP contribution in [0.2, 0.25) is 10.0 Å². The fraction of sp³-hybridized carbons (Fsp3) is 0.390. The van der Waals surface area contributed by atoms with Gasteiger partial charge in [0.1, 0.15) is 32.5 Å². The van der Waals surface area contributed by atoms with Gasteiger partial charge in [-0.3, -0.25) is 9.11 Å². The third kappa shape index (κ3) is 11.5. The second-order valence-corrected chi connectivity index (χ2v) is 24.2. The molecule has 1 aliphatic carbocycles. The van der Waals surface area contributed by atoms with Crippen LogP contribution in [0.25, 0.3) is 20.4 Å². The van der Waals surface area contributed by atoms with Crippen molar-refractivity contribution in [3.05, 3.63) is 34.3 Å². The number of hydrogen-bond donors (Lipinski definition) is 4. The predicted octanol–water partition coefficient (Wildman–Crippen LogP) is 13.5. The van der Waals surface area contributed by atoms with Crippen LogP contribution in [0.15, 0.2) is 58.3 Å². The quantitative estimate of drug-likeness (QED) is 0.0408. The standard InChI is InChI=1S/C41H45Cl2N13O8S7/c1-7-55(8-2)25-16-21(23(18-27(25)63-5)49-51-33-29-31(42)37(70(57,58)59)66-35(29)53-68-33)44-39-46-40(48-41(47-39)65-20-14-12-11-13-15-20)45-22-17-26(56(9-3)10-4)28(64-6)19-24(22)50-52-34-30-32(43)38(71(60,61)62)67-36(30)54-69-34/h16-20H,7-15H2,1-6H3,(H,57,58,59)(H,60,61,62)(H2,44,45,46,47,48). The van der Waals surface area contributed by atoms with E-state index in [0.29, 0.717) is 65.6 Å². The number of aromatic nitrogens is 5. The lowest BCUT2D eigenvalue weighted by atomic mass is 10.0. The van der Waals surface area contributed by atoms with Crippen molar-refractivity contribution < 1.29 is 35.4 Å². The Hall–Kier alpha value is -4.62. The van der Waals surface area contributed by atoms with Gasteiger partial charge in [-0.05, 0) is 75.7 Å². The number of rotatable bonds is 20. The summed E-state index contributed by atoms with van der Waals surface area (Å²) in [5.74, 6) is 1.31. The summed E-state index contributed by atoms with van der Waals surface area (Å²) >= 11 is 17.9. The lowest BCUT2D eigenvalue weighted by Gasteiger charge is -2.25. The molecule has 4 N–H and O–H groups in total. The maximum atomic E-state index is 12.1. The third-order valence-corrected chi connectivity index (χ3v) is 20.1. The van der Waals surface area contributed by atoms with Gasteiger partial charge >= 0.3 is 20.2 Å². The van der Waals surface area contributed by atoms with Crippen molar-refractivity contribution in [1.29, 1.82) is 0 Å². The van der Waals surface area contributed by atoms with Crippen LogP contribution < -0.4 is 29.9 Å². The Morgan fingerprint density at radius 1 is 0.676 bits per heavy atom. The Bertz CT molecular complexity index is 3180. The minimum absolute atomic E-state index is 0.154. The molecule has 1 fully saturated rings. The zero-order valence-corrected chi connectivity index (χ0v) is 45.9. The van der Waals surface area contributed by atoms with Crippen LogP contribution in [-0.2, 0) is 20.2 Å². The van der Waals surface area contributed by atoms with Crippen molar-refractivity contribution in [3.63, 3.8) is 0 Å². The highest BCUT2D eigenvalue weighted by Gasteiger charge is 2.28. The molecule has 71 heavy (non-hydrogen) atoms. The zero-order chi connectivity index (χ0) is 50.8. The molecule has 0 atom stereocenters. The molecule has 30 heteroatoms. The van der Waals surface area contributed by atoms with Gasteiger partial charge in [-0.25, -0.2) is 0 Å². The Morgan fingerprint density at radius 2 is 1.10 bits per heavy atom. The lowest BCUT2D eigenvalue weighted by Crippen LogP contribution is -2.22.